The summed E-state index contributed by atoms with van der Waals surface area (Å²) in [5.41, 5.74) is 6.48. The molecule has 6 nitrogen and oxygen atoms in total. The molecule has 1 heterocycles. The molecule has 1 amide bonds. The molecule has 0 radical (unpaired) electrons. The van der Waals surface area contributed by atoms with Crippen LogP contribution >= 0.6 is 0 Å². The lowest BCUT2D eigenvalue weighted by atomic mass is 9.98. The van der Waals surface area contributed by atoms with Gasteiger partial charge in [-0.3, -0.25) is 14.9 Å². The lowest BCUT2D eigenvalue weighted by Gasteiger charge is -2.19. The third-order valence-electron chi connectivity index (χ3n) is 4.31. The number of nitrogens with zero attached hydrogens (tertiary/aromatic N) is 2. The predicted octanol–water partition coefficient (Wildman–Crippen LogP) is 2.83. The molecule has 0 unspecified atom stereocenters. The van der Waals surface area contributed by atoms with Gasteiger partial charge in [-0.2, -0.15) is 0 Å². The Hall–Kier alpha value is -2.96. The molecule has 2 aromatic rings. The van der Waals surface area contributed by atoms with E-state index in [-0.39, 0.29) is 23.0 Å². The van der Waals surface area contributed by atoms with E-state index in [4.69, 9.17) is 5.73 Å². The summed E-state index contributed by atoms with van der Waals surface area (Å²) in [5, 5.41) is 11.3. The van der Waals surface area contributed by atoms with Crippen molar-refractivity contribution >= 4 is 17.3 Å². The maximum atomic E-state index is 13.4. The van der Waals surface area contributed by atoms with E-state index in [1.807, 2.05) is 11.0 Å². The lowest BCUT2D eigenvalue weighted by Crippen LogP contribution is -2.21. The van der Waals surface area contributed by atoms with Gasteiger partial charge in [0.15, 0.2) is 0 Å². The van der Waals surface area contributed by atoms with Crippen LogP contribution in [0, 0.1) is 15.9 Å². The lowest BCUT2D eigenvalue weighted by molar-refractivity contribution is -0.384. The number of carbonyl (C=O) groups excluding carboxylic acids is 1. The molecule has 3 rings (SSSR count). The summed E-state index contributed by atoms with van der Waals surface area (Å²) in [6.07, 6.45) is 0.776. The van der Waals surface area contributed by atoms with Gasteiger partial charge in [0.05, 0.1) is 4.92 Å². The molecule has 0 aliphatic carbocycles. The first-order valence-electron chi connectivity index (χ1n) is 7.54. The number of benzene rings is 2. The maximum absolute atomic E-state index is 13.4. The number of rotatable bonds is 4. The zero-order valence-electron chi connectivity index (χ0n) is 12.8. The van der Waals surface area contributed by atoms with E-state index in [1.165, 1.54) is 24.3 Å². The highest BCUT2D eigenvalue weighted by atomic mass is 19.1. The highest BCUT2D eigenvalue weighted by Crippen LogP contribution is 2.36. The summed E-state index contributed by atoms with van der Waals surface area (Å²) in [7, 11) is 0. The van der Waals surface area contributed by atoms with Gasteiger partial charge < -0.3 is 10.6 Å². The Morgan fingerprint density at radius 1 is 1.29 bits per heavy atom. The van der Waals surface area contributed by atoms with Crippen molar-refractivity contribution in [2.24, 2.45) is 5.73 Å². The molecule has 1 fully saturated rings. The van der Waals surface area contributed by atoms with E-state index in [0.717, 1.165) is 12.0 Å². The maximum Gasteiger partial charge on any atom is 0.293 e. The van der Waals surface area contributed by atoms with Gasteiger partial charge in [-0.05, 0) is 36.2 Å². The average molecular weight is 329 g/mol. The van der Waals surface area contributed by atoms with Crippen LogP contribution in [0.15, 0.2) is 42.5 Å². The molecule has 7 heteroatoms. The molecular formula is C17H16FN3O3. The van der Waals surface area contributed by atoms with Gasteiger partial charge in [0, 0.05) is 30.6 Å². The van der Waals surface area contributed by atoms with Gasteiger partial charge in [0.1, 0.15) is 11.5 Å². The Labute approximate surface area is 137 Å². The van der Waals surface area contributed by atoms with Crippen molar-refractivity contribution in [3.63, 3.8) is 0 Å². The van der Waals surface area contributed by atoms with Crippen LogP contribution in [0.4, 0.5) is 15.8 Å². The highest BCUT2D eigenvalue weighted by molar-refractivity contribution is 5.94. The van der Waals surface area contributed by atoms with Crippen LogP contribution in [0.5, 0.6) is 0 Å². The first-order chi connectivity index (χ1) is 11.5. The van der Waals surface area contributed by atoms with Crippen molar-refractivity contribution in [2.45, 2.75) is 12.3 Å². The number of amides is 1. The fraction of sp³-hybridized carbons (Fsp3) is 0.235. The SMILES string of the molecule is NC(=O)c1ccc(N2CC[C@H](c3cccc(F)c3)C2)c([N+](=O)[O-])c1. The number of anilines is 1. The zero-order chi connectivity index (χ0) is 17.3. The van der Waals surface area contributed by atoms with E-state index in [1.54, 1.807) is 12.1 Å². The normalized spacial score (nSPS) is 17.0. The van der Waals surface area contributed by atoms with Crippen molar-refractivity contribution in [2.75, 3.05) is 18.0 Å². The van der Waals surface area contributed by atoms with Crippen molar-refractivity contribution in [3.05, 3.63) is 69.5 Å². The number of nitro groups is 1. The number of halogens is 1. The first kappa shape index (κ1) is 15.9. The topological polar surface area (TPSA) is 89.5 Å². The number of hydrogen-bond donors (Lipinski definition) is 1. The first-order valence-corrected chi connectivity index (χ1v) is 7.54. The molecule has 0 aromatic heterocycles. The molecule has 124 valence electrons. The summed E-state index contributed by atoms with van der Waals surface area (Å²) >= 11 is 0. The Balaban J connectivity index is 1.88. The Morgan fingerprint density at radius 3 is 2.75 bits per heavy atom. The molecule has 2 aromatic carbocycles. The zero-order valence-corrected chi connectivity index (χ0v) is 12.8. The van der Waals surface area contributed by atoms with Crippen LogP contribution in [0.25, 0.3) is 0 Å². The van der Waals surface area contributed by atoms with E-state index < -0.39 is 10.8 Å². The highest BCUT2D eigenvalue weighted by Gasteiger charge is 2.29. The van der Waals surface area contributed by atoms with Gasteiger partial charge in [-0.25, -0.2) is 4.39 Å². The van der Waals surface area contributed by atoms with Crippen LogP contribution in [-0.2, 0) is 0 Å². The molecule has 1 atom stereocenters. The molecule has 0 bridgehead atoms. The van der Waals surface area contributed by atoms with Crippen LogP contribution in [-0.4, -0.2) is 23.9 Å². The smallest absolute Gasteiger partial charge is 0.293 e. The van der Waals surface area contributed by atoms with Crippen molar-refractivity contribution in [1.82, 2.24) is 0 Å². The Kier molecular flexibility index (Phi) is 4.16. The molecule has 1 saturated heterocycles. The third-order valence-corrected chi connectivity index (χ3v) is 4.31. The van der Waals surface area contributed by atoms with E-state index in [9.17, 15) is 19.3 Å². The second-order valence-corrected chi connectivity index (χ2v) is 5.81. The minimum absolute atomic E-state index is 0.103. The largest absolute Gasteiger partial charge is 0.366 e. The summed E-state index contributed by atoms with van der Waals surface area (Å²) in [6.45, 7) is 1.18. The molecule has 0 saturated carbocycles. The van der Waals surface area contributed by atoms with Gasteiger partial charge in [0.25, 0.3) is 5.69 Å². The second-order valence-electron chi connectivity index (χ2n) is 5.81. The summed E-state index contributed by atoms with van der Waals surface area (Å²) in [4.78, 5) is 23.9. The molecule has 0 spiro atoms. The van der Waals surface area contributed by atoms with Crippen LogP contribution < -0.4 is 10.6 Å². The molecule has 24 heavy (non-hydrogen) atoms. The van der Waals surface area contributed by atoms with Gasteiger partial charge in [-0.1, -0.05) is 12.1 Å². The summed E-state index contributed by atoms with van der Waals surface area (Å²) < 4.78 is 13.4. The van der Waals surface area contributed by atoms with Crippen molar-refractivity contribution in [3.8, 4) is 0 Å². The van der Waals surface area contributed by atoms with E-state index in [2.05, 4.69) is 0 Å². The second kappa shape index (κ2) is 6.27. The minimum Gasteiger partial charge on any atom is -0.366 e. The third kappa shape index (κ3) is 3.05. The molecule has 1 aliphatic heterocycles. The fourth-order valence-corrected chi connectivity index (χ4v) is 3.10. The predicted molar refractivity (Wildman–Crippen MR) is 87.6 cm³/mol. The van der Waals surface area contributed by atoms with Crippen LogP contribution in [0.3, 0.4) is 0 Å². The minimum atomic E-state index is -0.705. The fourth-order valence-electron chi connectivity index (χ4n) is 3.10. The van der Waals surface area contributed by atoms with E-state index in [0.29, 0.717) is 18.8 Å². The standard InChI is InChI=1S/C17H16FN3O3/c18-14-3-1-2-11(8-14)13-6-7-20(10-13)15-5-4-12(17(19)22)9-16(15)21(23)24/h1-5,8-9,13H,6-7,10H2,(H2,19,22)/t13-/m0/s1. The molecule has 2 N–H and O–H groups in total. The number of nitrogens with two attached hydrogens (primary N) is 1. The van der Waals surface area contributed by atoms with Crippen molar-refractivity contribution < 1.29 is 14.1 Å². The van der Waals surface area contributed by atoms with Gasteiger partial charge in [0.2, 0.25) is 5.91 Å². The quantitative estimate of drug-likeness (QED) is 0.690. The summed E-state index contributed by atoms with van der Waals surface area (Å²) in [6, 6.07) is 10.7. The number of nitro benzene ring substituents is 1. The molecular weight excluding hydrogens is 313 g/mol. The number of carbonyl (C=O) groups is 1. The van der Waals surface area contributed by atoms with Crippen LogP contribution in [0.2, 0.25) is 0 Å². The summed E-state index contributed by atoms with van der Waals surface area (Å²) in [5.74, 6) is -0.887. The average Bonchev–Trinajstić information content (AvgIpc) is 3.04. The Bertz CT molecular complexity index is 809. The number of primary amides is 1. The van der Waals surface area contributed by atoms with Crippen LogP contribution in [0.1, 0.15) is 28.3 Å². The van der Waals surface area contributed by atoms with Gasteiger partial charge >= 0.3 is 0 Å². The number of hydrogen-bond acceptors (Lipinski definition) is 4. The molecule has 1 aliphatic rings. The van der Waals surface area contributed by atoms with Crippen molar-refractivity contribution in [1.29, 1.82) is 0 Å². The Morgan fingerprint density at radius 2 is 2.08 bits per heavy atom. The van der Waals surface area contributed by atoms with E-state index >= 15 is 0 Å². The monoisotopic (exact) mass is 329 g/mol. The van der Waals surface area contributed by atoms with Gasteiger partial charge in [-0.15, -0.1) is 0 Å².